The first-order chi connectivity index (χ1) is 11.6. The zero-order valence-electron chi connectivity index (χ0n) is 14.0. The molecule has 0 aromatic heterocycles. The van der Waals surface area contributed by atoms with E-state index in [9.17, 15) is 9.59 Å². The first-order valence-corrected chi connectivity index (χ1v) is 8.39. The summed E-state index contributed by atoms with van der Waals surface area (Å²) in [5.74, 6) is -0.606. The second kappa shape index (κ2) is 8.68. The predicted molar refractivity (Wildman–Crippen MR) is 90.2 cm³/mol. The van der Waals surface area contributed by atoms with Gasteiger partial charge in [-0.25, -0.2) is 4.79 Å². The number of anilines is 1. The van der Waals surface area contributed by atoms with E-state index in [-0.39, 0.29) is 11.3 Å². The molecule has 0 unspecified atom stereocenters. The maximum atomic E-state index is 12.8. The number of hydrogen-bond donors (Lipinski definition) is 2. The van der Waals surface area contributed by atoms with Gasteiger partial charge in [-0.1, -0.05) is 18.9 Å². The second-order valence-corrected chi connectivity index (χ2v) is 6.10. The summed E-state index contributed by atoms with van der Waals surface area (Å²) < 4.78 is 10.6. The Morgan fingerprint density at radius 1 is 1.29 bits per heavy atom. The molecule has 1 amide bonds. The van der Waals surface area contributed by atoms with E-state index in [1.807, 2.05) is 6.92 Å². The largest absolute Gasteiger partial charge is 0.482 e. The van der Waals surface area contributed by atoms with Gasteiger partial charge < -0.3 is 19.9 Å². The van der Waals surface area contributed by atoms with Gasteiger partial charge in [0.1, 0.15) is 5.75 Å². The molecule has 6 heteroatoms. The smallest absolute Gasteiger partial charge is 0.341 e. The number of carboxylic acid groups (broad SMARTS) is 1. The van der Waals surface area contributed by atoms with E-state index in [0.717, 1.165) is 32.1 Å². The summed E-state index contributed by atoms with van der Waals surface area (Å²) in [6.07, 6.45) is 4.59. The van der Waals surface area contributed by atoms with Gasteiger partial charge in [-0.15, -0.1) is 0 Å². The lowest BCUT2D eigenvalue weighted by molar-refractivity contribution is -0.139. The second-order valence-electron chi connectivity index (χ2n) is 6.10. The Hall–Kier alpha value is -2.08. The number of amides is 1. The van der Waals surface area contributed by atoms with Crippen LogP contribution in [0.15, 0.2) is 24.3 Å². The highest BCUT2D eigenvalue weighted by Crippen LogP contribution is 2.42. The number of ether oxygens (including phenoxy) is 2. The van der Waals surface area contributed by atoms with Crippen LogP contribution < -0.4 is 10.1 Å². The molecule has 1 aliphatic carbocycles. The number of nitrogens with one attached hydrogen (secondary N) is 1. The van der Waals surface area contributed by atoms with Crippen molar-refractivity contribution in [3.63, 3.8) is 0 Å². The fourth-order valence-electron chi connectivity index (χ4n) is 3.13. The van der Waals surface area contributed by atoms with Crippen molar-refractivity contribution in [3.05, 3.63) is 24.3 Å². The molecule has 6 nitrogen and oxygen atoms in total. The van der Waals surface area contributed by atoms with Gasteiger partial charge in [0.05, 0.1) is 5.41 Å². The number of carbonyl (C=O) groups is 2. The molecule has 2 rings (SSSR count). The maximum Gasteiger partial charge on any atom is 0.341 e. The standard InChI is InChI=1S/C18H25NO5/c1-2-23-11-10-18(8-3-4-9-18)17(22)19-14-6-5-7-15(12-14)24-13-16(20)21/h5-7,12H,2-4,8-11,13H2,1H3,(H,19,22)(H,20,21). The Kier molecular flexibility index (Phi) is 6.61. The van der Waals surface area contributed by atoms with Gasteiger partial charge in [-0.2, -0.15) is 0 Å². The van der Waals surface area contributed by atoms with Gasteiger partial charge >= 0.3 is 5.97 Å². The van der Waals surface area contributed by atoms with Crippen LogP contribution in [-0.2, 0) is 14.3 Å². The summed E-state index contributed by atoms with van der Waals surface area (Å²) in [5.41, 5.74) is 0.248. The summed E-state index contributed by atoms with van der Waals surface area (Å²) in [6, 6.07) is 6.82. The Labute approximate surface area is 142 Å². The van der Waals surface area contributed by atoms with Gasteiger partial charge in [0, 0.05) is 25.0 Å². The molecular formula is C18H25NO5. The van der Waals surface area contributed by atoms with Crippen LogP contribution >= 0.6 is 0 Å². The molecule has 0 heterocycles. The van der Waals surface area contributed by atoms with Gasteiger partial charge in [-0.3, -0.25) is 4.79 Å². The molecule has 0 radical (unpaired) electrons. The number of benzene rings is 1. The Bertz CT molecular complexity index is 566. The summed E-state index contributed by atoms with van der Waals surface area (Å²) in [4.78, 5) is 23.4. The predicted octanol–water partition coefficient (Wildman–Crippen LogP) is 3.08. The monoisotopic (exact) mass is 335 g/mol. The minimum atomic E-state index is -1.04. The average Bonchev–Trinajstić information content (AvgIpc) is 3.04. The zero-order chi connectivity index (χ0) is 17.4. The topological polar surface area (TPSA) is 84.9 Å². The molecule has 0 bridgehead atoms. The number of aliphatic carboxylic acids is 1. The zero-order valence-corrected chi connectivity index (χ0v) is 14.0. The summed E-state index contributed by atoms with van der Waals surface area (Å²) in [5, 5.41) is 11.6. The van der Waals surface area contributed by atoms with Gasteiger partial charge in [0.2, 0.25) is 5.91 Å². The highest BCUT2D eigenvalue weighted by Gasteiger charge is 2.40. The van der Waals surface area contributed by atoms with Crippen molar-refractivity contribution in [3.8, 4) is 5.75 Å². The van der Waals surface area contributed by atoms with Crippen molar-refractivity contribution < 1.29 is 24.2 Å². The molecule has 0 aliphatic heterocycles. The highest BCUT2D eigenvalue weighted by atomic mass is 16.5. The van der Waals surface area contributed by atoms with Crippen LogP contribution in [0.1, 0.15) is 39.0 Å². The van der Waals surface area contributed by atoms with Crippen molar-refractivity contribution in [2.45, 2.75) is 39.0 Å². The van der Waals surface area contributed by atoms with Crippen LogP contribution in [0.25, 0.3) is 0 Å². The van der Waals surface area contributed by atoms with Crippen LogP contribution in [0.4, 0.5) is 5.69 Å². The molecule has 0 saturated heterocycles. The van der Waals surface area contributed by atoms with Crippen molar-refractivity contribution >= 4 is 17.6 Å². The fraction of sp³-hybridized carbons (Fsp3) is 0.556. The molecule has 0 spiro atoms. The van der Waals surface area contributed by atoms with E-state index < -0.39 is 12.6 Å². The van der Waals surface area contributed by atoms with Crippen molar-refractivity contribution in [2.24, 2.45) is 5.41 Å². The van der Waals surface area contributed by atoms with Crippen molar-refractivity contribution in [1.29, 1.82) is 0 Å². The Morgan fingerprint density at radius 3 is 2.71 bits per heavy atom. The number of hydrogen-bond acceptors (Lipinski definition) is 4. The van der Waals surface area contributed by atoms with Gasteiger partial charge in [0.25, 0.3) is 0 Å². The minimum Gasteiger partial charge on any atom is -0.482 e. The lowest BCUT2D eigenvalue weighted by Crippen LogP contribution is -2.35. The normalized spacial score (nSPS) is 15.9. The van der Waals surface area contributed by atoms with E-state index in [1.165, 1.54) is 0 Å². The maximum absolute atomic E-state index is 12.8. The number of rotatable bonds is 9. The Morgan fingerprint density at radius 2 is 2.04 bits per heavy atom. The third kappa shape index (κ3) is 4.96. The molecule has 132 valence electrons. The van der Waals surface area contributed by atoms with E-state index in [1.54, 1.807) is 24.3 Å². The third-order valence-corrected chi connectivity index (χ3v) is 4.43. The molecule has 1 aromatic rings. The van der Waals surface area contributed by atoms with Crippen LogP contribution in [0.3, 0.4) is 0 Å². The van der Waals surface area contributed by atoms with Crippen LogP contribution in [0.2, 0.25) is 0 Å². The van der Waals surface area contributed by atoms with E-state index in [0.29, 0.717) is 24.7 Å². The molecule has 1 aromatic carbocycles. The van der Waals surface area contributed by atoms with Crippen LogP contribution in [-0.4, -0.2) is 36.8 Å². The fourth-order valence-corrected chi connectivity index (χ4v) is 3.13. The highest BCUT2D eigenvalue weighted by molar-refractivity contribution is 5.95. The van der Waals surface area contributed by atoms with Crippen LogP contribution in [0, 0.1) is 5.41 Å². The van der Waals surface area contributed by atoms with Crippen molar-refractivity contribution in [1.82, 2.24) is 0 Å². The summed E-state index contributed by atoms with van der Waals surface area (Å²) in [6.45, 7) is 2.78. The molecule has 1 aliphatic rings. The quantitative estimate of drug-likeness (QED) is 0.678. The summed E-state index contributed by atoms with van der Waals surface area (Å²) >= 11 is 0. The average molecular weight is 335 g/mol. The Balaban J connectivity index is 2.01. The van der Waals surface area contributed by atoms with E-state index in [2.05, 4.69) is 5.32 Å². The molecule has 2 N–H and O–H groups in total. The third-order valence-electron chi connectivity index (χ3n) is 4.43. The van der Waals surface area contributed by atoms with E-state index >= 15 is 0 Å². The van der Waals surface area contributed by atoms with Gasteiger partial charge in [0.15, 0.2) is 6.61 Å². The molecule has 1 fully saturated rings. The van der Waals surface area contributed by atoms with Crippen LogP contribution in [0.5, 0.6) is 5.75 Å². The lowest BCUT2D eigenvalue weighted by Gasteiger charge is -2.27. The van der Waals surface area contributed by atoms with Gasteiger partial charge in [-0.05, 0) is 38.3 Å². The first kappa shape index (κ1) is 18.3. The SMILES string of the molecule is CCOCCC1(C(=O)Nc2cccc(OCC(=O)O)c2)CCCC1. The number of carbonyl (C=O) groups excluding carboxylic acids is 1. The lowest BCUT2D eigenvalue weighted by atomic mass is 9.82. The van der Waals surface area contributed by atoms with E-state index in [4.69, 9.17) is 14.6 Å². The summed E-state index contributed by atoms with van der Waals surface area (Å²) in [7, 11) is 0. The molecular weight excluding hydrogens is 310 g/mol. The molecule has 0 atom stereocenters. The number of carboxylic acids is 1. The minimum absolute atomic E-state index is 0.00934. The molecule has 24 heavy (non-hydrogen) atoms. The molecule has 1 saturated carbocycles. The van der Waals surface area contributed by atoms with Crippen molar-refractivity contribution in [2.75, 3.05) is 25.1 Å². The first-order valence-electron chi connectivity index (χ1n) is 8.39.